The SMILES string of the molecule is NCC1CCC(C(=O)C2CCOC2)CC1. The van der Waals surface area contributed by atoms with Gasteiger partial charge in [-0.05, 0) is 44.6 Å². The third-order valence-corrected chi connectivity index (χ3v) is 3.91. The van der Waals surface area contributed by atoms with Crippen LogP contribution in [0.25, 0.3) is 0 Å². The fourth-order valence-corrected chi connectivity index (χ4v) is 2.77. The van der Waals surface area contributed by atoms with Crippen LogP contribution in [0.15, 0.2) is 0 Å². The second-order valence-electron chi connectivity index (χ2n) is 4.92. The normalized spacial score (nSPS) is 36.7. The minimum Gasteiger partial charge on any atom is -0.381 e. The Kier molecular flexibility index (Phi) is 3.76. The first-order valence-electron chi connectivity index (χ1n) is 6.12. The molecule has 86 valence electrons. The fraction of sp³-hybridized carbons (Fsp3) is 0.917. The van der Waals surface area contributed by atoms with Gasteiger partial charge in [0, 0.05) is 18.4 Å². The van der Waals surface area contributed by atoms with Crippen molar-refractivity contribution in [1.29, 1.82) is 0 Å². The van der Waals surface area contributed by atoms with E-state index in [-0.39, 0.29) is 5.92 Å². The maximum atomic E-state index is 12.1. The Hall–Kier alpha value is -0.410. The zero-order valence-corrected chi connectivity index (χ0v) is 9.28. The van der Waals surface area contributed by atoms with Crippen molar-refractivity contribution in [3.8, 4) is 0 Å². The molecule has 1 unspecified atom stereocenters. The molecule has 0 amide bonds. The molecule has 0 aromatic heterocycles. The van der Waals surface area contributed by atoms with E-state index in [4.69, 9.17) is 10.5 Å². The molecular formula is C12H21NO2. The zero-order valence-electron chi connectivity index (χ0n) is 9.28. The number of nitrogens with two attached hydrogens (primary N) is 1. The summed E-state index contributed by atoms with van der Waals surface area (Å²) in [5.74, 6) is 1.63. The van der Waals surface area contributed by atoms with Gasteiger partial charge in [-0.1, -0.05) is 0 Å². The van der Waals surface area contributed by atoms with Crippen LogP contribution in [0.5, 0.6) is 0 Å². The highest BCUT2D eigenvalue weighted by molar-refractivity contribution is 5.83. The molecule has 15 heavy (non-hydrogen) atoms. The maximum absolute atomic E-state index is 12.1. The van der Waals surface area contributed by atoms with Gasteiger partial charge in [-0.2, -0.15) is 0 Å². The molecule has 1 aliphatic carbocycles. The molecule has 2 aliphatic rings. The molecule has 0 aromatic carbocycles. The first-order chi connectivity index (χ1) is 7.31. The van der Waals surface area contributed by atoms with Gasteiger partial charge in [-0.25, -0.2) is 0 Å². The van der Waals surface area contributed by atoms with Crippen LogP contribution in [0, 0.1) is 17.8 Å². The van der Waals surface area contributed by atoms with Crippen LogP contribution >= 0.6 is 0 Å². The molecule has 2 fully saturated rings. The Balaban J connectivity index is 1.81. The van der Waals surface area contributed by atoms with Crippen molar-refractivity contribution >= 4 is 5.78 Å². The summed E-state index contributed by atoms with van der Waals surface area (Å²) >= 11 is 0. The van der Waals surface area contributed by atoms with Crippen molar-refractivity contribution < 1.29 is 9.53 Å². The van der Waals surface area contributed by atoms with Crippen LogP contribution in [0.2, 0.25) is 0 Å². The number of hydrogen-bond donors (Lipinski definition) is 1. The van der Waals surface area contributed by atoms with Gasteiger partial charge in [0.05, 0.1) is 6.61 Å². The lowest BCUT2D eigenvalue weighted by molar-refractivity contribution is -0.128. The van der Waals surface area contributed by atoms with E-state index < -0.39 is 0 Å². The lowest BCUT2D eigenvalue weighted by Crippen LogP contribution is -2.29. The van der Waals surface area contributed by atoms with Crippen molar-refractivity contribution in [2.45, 2.75) is 32.1 Å². The summed E-state index contributed by atoms with van der Waals surface area (Å²) in [5.41, 5.74) is 5.64. The summed E-state index contributed by atoms with van der Waals surface area (Å²) in [6.45, 7) is 2.22. The molecule has 3 heteroatoms. The highest BCUT2D eigenvalue weighted by Gasteiger charge is 2.32. The first kappa shape index (κ1) is 11.1. The molecule has 1 aliphatic heterocycles. The first-order valence-corrected chi connectivity index (χ1v) is 6.12. The van der Waals surface area contributed by atoms with Crippen molar-refractivity contribution in [2.24, 2.45) is 23.5 Å². The van der Waals surface area contributed by atoms with Gasteiger partial charge in [-0.3, -0.25) is 4.79 Å². The summed E-state index contributed by atoms with van der Waals surface area (Å²) in [4.78, 5) is 12.1. The summed E-state index contributed by atoms with van der Waals surface area (Å²) < 4.78 is 5.27. The lowest BCUT2D eigenvalue weighted by atomic mass is 9.77. The van der Waals surface area contributed by atoms with Gasteiger partial charge < -0.3 is 10.5 Å². The van der Waals surface area contributed by atoms with E-state index >= 15 is 0 Å². The largest absolute Gasteiger partial charge is 0.381 e. The highest BCUT2D eigenvalue weighted by atomic mass is 16.5. The highest BCUT2D eigenvalue weighted by Crippen LogP contribution is 2.31. The molecule has 1 saturated heterocycles. The average Bonchev–Trinajstić information content (AvgIpc) is 2.82. The molecule has 0 spiro atoms. The van der Waals surface area contributed by atoms with Gasteiger partial charge in [-0.15, -0.1) is 0 Å². The number of ether oxygens (including phenoxy) is 1. The van der Waals surface area contributed by atoms with Crippen molar-refractivity contribution in [2.75, 3.05) is 19.8 Å². The molecule has 2 rings (SSSR count). The van der Waals surface area contributed by atoms with E-state index in [2.05, 4.69) is 0 Å². The number of ketones is 1. The number of Topliss-reactive ketones (excluding diaryl/α,β-unsaturated/α-hetero) is 1. The van der Waals surface area contributed by atoms with Crippen LogP contribution in [-0.4, -0.2) is 25.5 Å². The van der Waals surface area contributed by atoms with Crippen molar-refractivity contribution in [3.05, 3.63) is 0 Å². The molecule has 0 aromatic rings. The van der Waals surface area contributed by atoms with Crippen molar-refractivity contribution in [3.63, 3.8) is 0 Å². The number of rotatable bonds is 3. The summed E-state index contributed by atoms with van der Waals surface area (Å²) in [7, 11) is 0. The van der Waals surface area contributed by atoms with Crippen LogP contribution in [-0.2, 0) is 9.53 Å². The lowest BCUT2D eigenvalue weighted by Gasteiger charge is -2.27. The van der Waals surface area contributed by atoms with Gasteiger partial charge in [0.1, 0.15) is 5.78 Å². The molecule has 1 saturated carbocycles. The molecule has 0 radical (unpaired) electrons. The van der Waals surface area contributed by atoms with Crippen LogP contribution in [0.1, 0.15) is 32.1 Å². The van der Waals surface area contributed by atoms with E-state index in [0.29, 0.717) is 24.2 Å². The van der Waals surface area contributed by atoms with E-state index in [1.165, 1.54) is 0 Å². The van der Waals surface area contributed by atoms with Gasteiger partial charge in [0.25, 0.3) is 0 Å². The summed E-state index contributed by atoms with van der Waals surface area (Å²) in [5, 5.41) is 0. The molecule has 3 nitrogen and oxygen atoms in total. The average molecular weight is 211 g/mol. The fourth-order valence-electron chi connectivity index (χ4n) is 2.77. The predicted octanol–water partition coefficient (Wildman–Crippen LogP) is 1.36. The number of carbonyl (C=O) groups excluding carboxylic acids is 1. The summed E-state index contributed by atoms with van der Waals surface area (Å²) in [6, 6.07) is 0. The second kappa shape index (κ2) is 5.08. The van der Waals surface area contributed by atoms with Crippen LogP contribution < -0.4 is 5.73 Å². The molecular weight excluding hydrogens is 190 g/mol. The van der Waals surface area contributed by atoms with Gasteiger partial charge in [0.15, 0.2) is 0 Å². The maximum Gasteiger partial charge on any atom is 0.141 e. The minimum atomic E-state index is 0.199. The Morgan fingerprint density at radius 2 is 1.87 bits per heavy atom. The number of hydrogen-bond acceptors (Lipinski definition) is 3. The smallest absolute Gasteiger partial charge is 0.141 e. The third kappa shape index (κ3) is 2.58. The topological polar surface area (TPSA) is 52.3 Å². The van der Waals surface area contributed by atoms with Crippen molar-refractivity contribution in [1.82, 2.24) is 0 Å². The third-order valence-electron chi connectivity index (χ3n) is 3.91. The Bertz CT molecular complexity index is 216. The quantitative estimate of drug-likeness (QED) is 0.766. The molecule has 1 heterocycles. The van der Waals surface area contributed by atoms with E-state index in [1.807, 2.05) is 0 Å². The molecule has 1 atom stereocenters. The minimum absolute atomic E-state index is 0.199. The molecule has 0 bridgehead atoms. The summed E-state index contributed by atoms with van der Waals surface area (Å²) in [6.07, 6.45) is 5.32. The van der Waals surface area contributed by atoms with Crippen LogP contribution in [0.3, 0.4) is 0 Å². The monoisotopic (exact) mass is 211 g/mol. The van der Waals surface area contributed by atoms with Gasteiger partial charge >= 0.3 is 0 Å². The molecule has 2 N–H and O–H groups in total. The number of carbonyl (C=O) groups is 1. The Morgan fingerprint density at radius 3 is 2.40 bits per heavy atom. The standard InChI is InChI=1S/C12H21NO2/c13-7-9-1-3-10(4-2-9)12(14)11-5-6-15-8-11/h9-11H,1-8,13H2. The van der Waals surface area contributed by atoms with Gasteiger partial charge in [0.2, 0.25) is 0 Å². The van der Waals surface area contributed by atoms with E-state index in [0.717, 1.165) is 45.3 Å². The Labute approximate surface area is 91.4 Å². The predicted molar refractivity (Wildman–Crippen MR) is 58.4 cm³/mol. The second-order valence-corrected chi connectivity index (χ2v) is 4.92. The zero-order chi connectivity index (χ0) is 10.7. The Morgan fingerprint density at radius 1 is 1.13 bits per heavy atom. The van der Waals surface area contributed by atoms with E-state index in [1.54, 1.807) is 0 Å². The van der Waals surface area contributed by atoms with Crippen LogP contribution in [0.4, 0.5) is 0 Å². The van der Waals surface area contributed by atoms with E-state index in [9.17, 15) is 4.79 Å².